The van der Waals surface area contributed by atoms with E-state index in [9.17, 15) is 9.59 Å². The van der Waals surface area contributed by atoms with Crippen molar-refractivity contribution < 1.29 is 23.8 Å². The monoisotopic (exact) mass is 669 g/mol. The first-order chi connectivity index (χ1) is 21.2. The highest BCUT2D eigenvalue weighted by Crippen LogP contribution is 2.29. The van der Waals surface area contributed by atoms with E-state index >= 15 is 0 Å². The highest BCUT2D eigenvalue weighted by molar-refractivity contribution is 5.81. The first kappa shape index (κ1) is 45.8. The molecular formula is C40H80N2O5. The maximum absolute atomic E-state index is 13.1. The Balaban J connectivity index is 4.54. The molecule has 0 saturated heterocycles. The molecule has 0 aliphatic heterocycles. The van der Waals surface area contributed by atoms with Crippen molar-refractivity contribution in [3.63, 3.8) is 0 Å². The van der Waals surface area contributed by atoms with Gasteiger partial charge in [0.25, 0.3) is 0 Å². The van der Waals surface area contributed by atoms with E-state index in [1.807, 2.05) is 13.8 Å². The molecule has 0 aromatic heterocycles. The summed E-state index contributed by atoms with van der Waals surface area (Å²) < 4.78 is 18.4. The molecule has 7 nitrogen and oxygen atoms in total. The minimum atomic E-state index is -0.520. The second-order valence-electron chi connectivity index (χ2n) is 19.6. The first-order valence-corrected chi connectivity index (χ1v) is 18.6. The second kappa shape index (κ2) is 19.9. The number of hydrogen-bond donors (Lipinski definition) is 2. The van der Waals surface area contributed by atoms with Crippen molar-refractivity contribution in [2.45, 2.75) is 161 Å². The van der Waals surface area contributed by atoms with Gasteiger partial charge >= 0.3 is 0 Å². The van der Waals surface area contributed by atoms with Gasteiger partial charge in [0.1, 0.15) is 0 Å². The van der Waals surface area contributed by atoms with Crippen LogP contribution in [-0.2, 0) is 23.8 Å². The van der Waals surface area contributed by atoms with Gasteiger partial charge in [-0.3, -0.25) is 9.59 Å². The molecule has 0 radical (unpaired) electrons. The number of nitrogens with one attached hydrogen (secondary N) is 2. The Morgan fingerprint density at radius 2 is 1.13 bits per heavy atom. The fourth-order valence-corrected chi connectivity index (χ4v) is 5.92. The van der Waals surface area contributed by atoms with Crippen molar-refractivity contribution in [1.82, 2.24) is 10.6 Å². The van der Waals surface area contributed by atoms with E-state index in [0.29, 0.717) is 64.9 Å². The minimum Gasteiger partial charge on any atom is -0.380 e. The van der Waals surface area contributed by atoms with Gasteiger partial charge in [-0.25, -0.2) is 0 Å². The lowest BCUT2D eigenvalue weighted by Gasteiger charge is -2.32. The van der Waals surface area contributed by atoms with Gasteiger partial charge in [0.2, 0.25) is 11.8 Å². The van der Waals surface area contributed by atoms with E-state index in [2.05, 4.69) is 108 Å². The van der Waals surface area contributed by atoms with Crippen LogP contribution < -0.4 is 10.6 Å². The Hall–Kier alpha value is -1.18. The summed E-state index contributed by atoms with van der Waals surface area (Å²) in [6, 6.07) is 0. The Morgan fingerprint density at radius 3 is 1.64 bits per heavy atom. The molecule has 0 aliphatic rings. The normalized spacial score (nSPS) is 14.4. The van der Waals surface area contributed by atoms with Crippen LogP contribution in [0.3, 0.4) is 0 Å². The van der Waals surface area contributed by atoms with Crippen molar-refractivity contribution in [3.05, 3.63) is 0 Å². The van der Waals surface area contributed by atoms with Crippen LogP contribution in [0.4, 0.5) is 0 Å². The maximum Gasteiger partial charge on any atom is 0.225 e. The predicted molar refractivity (Wildman–Crippen MR) is 199 cm³/mol. The van der Waals surface area contributed by atoms with Crippen LogP contribution in [0, 0.1) is 38.9 Å². The van der Waals surface area contributed by atoms with Crippen LogP contribution in [0.1, 0.15) is 156 Å². The molecule has 2 N–H and O–H groups in total. The lowest BCUT2D eigenvalue weighted by molar-refractivity contribution is -0.132. The van der Waals surface area contributed by atoms with Crippen molar-refractivity contribution in [3.8, 4) is 0 Å². The summed E-state index contributed by atoms with van der Waals surface area (Å²) in [4.78, 5) is 25.9. The van der Waals surface area contributed by atoms with Gasteiger partial charge in [0, 0.05) is 42.4 Å². The Labute approximate surface area is 292 Å². The standard InChI is InChI=1S/C40H80N2O5/c1-17-18-32(4)19-20-40(15,16)47-22-21-39(13,14)34(44)42-26-38(11,12)30-46-29-37(9,10)25-41-33(43)24-36(7,8)28-45-27-35(5,6)23-31(2)3/h31-32H,17-30H2,1-16H3,(H,41,43)(H,42,44). The van der Waals surface area contributed by atoms with Gasteiger partial charge in [0.05, 0.1) is 32.0 Å². The number of rotatable bonds is 26. The van der Waals surface area contributed by atoms with E-state index in [4.69, 9.17) is 14.2 Å². The maximum atomic E-state index is 13.1. The molecular weight excluding hydrogens is 588 g/mol. The lowest BCUT2D eigenvalue weighted by atomic mass is 9.84. The largest absolute Gasteiger partial charge is 0.380 e. The van der Waals surface area contributed by atoms with Gasteiger partial charge in [-0.1, -0.05) is 110 Å². The SMILES string of the molecule is CCCC(C)CCC(C)(C)OCCC(C)(C)C(=O)NCC(C)(C)COCC(C)(C)CNC(=O)CC(C)(C)COCC(C)(C)CC(C)C. The van der Waals surface area contributed by atoms with E-state index in [1.165, 1.54) is 19.3 Å². The van der Waals surface area contributed by atoms with Crippen LogP contribution in [0.25, 0.3) is 0 Å². The number of amides is 2. The van der Waals surface area contributed by atoms with E-state index < -0.39 is 5.41 Å². The molecule has 7 heteroatoms. The lowest BCUT2D eigenvalue weighted by Crippen LogP contribution is -2.44. The van der Waals surface area contributed by atoms with Crippen LogP contribution >= 0.6 is 0 Å². The third kappa shape index (κ3) is 23.0. The van der Waals surface area contributed by atoms with Crippen molar-refractivity contribution in [2.24, 2.45) is 38.9 Å². The van der Waals surface area contributed by atoms with Crippen LogP contribution in [0.15, 0.2) is 0 Å². The van der Waals surface area contributed by atoms with Crippen molar-refractivity contribution in [1.29, 1.82) is 0 Å². The number of ether oxygens (including phenoxy) is 3. The van der Waals surface area contributed by atoms with Gasteiger partial charge in [0.15, 0.2) is 0 Å². The summed E-state index contributed by atoms with van der Waals surface area (Å²) in [5, 5.41) is 6.28. The van der Waals surface area contributed by atoms with Crippen molar-refractivity contribution >= 4 is 11.8 Å². The summed E-state index contributed by atoms with van der Waals surface area (Å²) in [6.07, 6.45) is 6.88. The van der Waals surface area contributed by atoms with Crippen LogP contribution in [0.2, 0.25) is 0 Å². The molecule has 0 heterocycles. The molecule has 0 aromatic rings. The zero-order chi connectivity index (χ0) is 36.7. The van der Waals surface area contributed by atoms with E-state index in [-0.39, 0.29) is 39.1 Å². The zero-order valence-electron chi connectivity index (χ0n) is 34.1. The number of hydrogen-bond acceptors (Lipinski definition) is 5. The highest BCUT2D eigenvalue weighted by atomic mass is 16.5. The fraction of sp³-hybridized carbons (Fsp3) is 0.950. The highest BCUT2D eigenvalue weighted by Gasteiger charge is 2.31. The van der Waals surface area contributed by atoms with Crippen LogP contribution in [0.5, 0.6) is 0 Å². The first-order valence-electron chi connectivity index (χ1n) is 18.6. The Kier molecular flexibility index (Phi) is 19.4. The van der Waals surface area contributed by atoms with Gasteiger partial charge in [-0.15, -0.1) is 0 Å². The van der Waals surface area contributed by atoms with E-state index in [0.717, 1.165) is 18.8 Å². The smallest absolute Gasteiger partial charge is 0.225 e. The summed E-state index contributed by atoms with van der Waals surface area (Å²) in [5.41, 5.74) is -1.26. The summed E-state index contributed by atoms with van der Waals surface area (Å²) in [5.74, 6) is 1.43. The summed E-state index contributed by atoms with van der Waals surface area (Å²) in [7, 11) is 0. The molecule has 0 aliphatic carbocycles. The third-order valence-electron chi connectivity index (χ3n) is 8.92. The molecule has 0 rings (SSSR count). The molecule has 1 atom stereocenters. The Morgan fingerprint density at radius 1 is 0.638 bits per heavy atom. The molecule has 0 bridgehead atoms. The fourth-order valence-electron chi connectivity index (χ4n) is 5.92. The molecule has 280 valence electrons. The molecule has 0 saturated carbocycles. The molecule has 2 amide bonds. The topological polar surface area (TPSA) is 85.9 Å². The third-order valence-corrected chi connectivity index (χ3v) is 8.92. The van der Waals surface area contributed by atoms with Gasteiger partial charge < -0.3 is 24.8 Å². The molecule has 1 unspecified atom stereocenters. The minimum absolute atomic E-state index is 0.0364. The zero-order valence-corrected chi connectivity index (χ0v) is 34.1. The Bertz CT molecular complexity index is 904. The van der Waals surface area contributed by atoms with Gasteiger partial charge in [-0.2, -0.15) is 0 Å². The molecule has 0 fully saturated rings. The second-order valence-corrected chi connectivity index (χ2v) is 19.6. The number of carbonyl (C=O) groups is 2. The summed E-state index contributed by atoms with van der Waals surface area (Å²) >= 11 is 0. The average Bonchev–Trinajstić information content (AvgIpc) is 2.88. The predicted octanol–water partition coefficient (Wildman–Crippen LogP) is 9.22. The molecule has 0 spiro atoms. The van der Waals surface area contributed by atoms with Crippen molar-refractivity contribution in [2.75, 3.05) is 46.1 Å². The quantitative estimate of drug-likeness (QED) is 0.0960. The average molecular weight is 669 g/mol. The number of carbonyl (C=O) groups excluding carboxylic acids is 2. The summed E-state index contributed by atoms with van der Waals surface area (Å²) in [6.45, 7) is 38.3. The van der Waals surface area contributed by atoms with Gasteiger partial charge in [-0.05, 0) is 62.2 Å². The van der Waals surface area contributed by atoms with Crippen LogP contribution in [-0.4, -0.2) is 63.5 Å². The molecule has 0 aromatic carbocycles. The van der Waals surface area contributed by atoms with E-state index in [1.54, 1.807) is 0 Å². The molecule has 47 heavy (non-hydrogen) atoms.